The molecule has 0 aliphatic carbocycles. The van der Waals surface area contributed by atoms with Crippen molar-refractivity contribution in [3.8, 4) is 12.1 Å². The molecule has 1 fully saturated rings. The van der Waals surface area contributed by atoms with E-state index >= 15 is 0 Å². The number of hydrogen-bond donors (Lipinski definition) is 0. The van der Waals surface area contributed by atoms with Gasteiger partial charge < -0.3 is 4.90 Å². The number of nitrogens with zero attached hydrogens (tertiary/aromatic N) is 3. The molecule has 2 aromatic carbocycles. The maximum absolute atomic E-state index is 12.8. The minimum Gasteiger partial charge on any atom is -0.351 e. The van der Waals surface area contributed by atoms with Crippen LogP contribution in [0, 0.1) is 28.1 Å². The summed E-state index contributed by atoms with van der Waals surface area (Å²) in [6, 6.07) is 18.2. The molecule has 2 aliphatic rings. The molecule has 0 unspecified atom stereocenters. The lowest BCUT2D eigenvalue weighted by atomic mass is 9.69. The summed E-state index contributed by atoms with van der Waals surface area (Å²) in [5.74, 6) is -0.652. The summed E-state index contributed by atoms with van der Waals surface area (Å²) in [6.45, 7) is 1.52. The van der Waals surface area contributed by atoms with Gasteiger partial charge in [-0.25, -0.2) is 0 Å². The molecule has 4 nitrogen and oxygen atoms in total. The van der Waals surface area contributed by atoms with Crippen molar-refractivity contribution in [2.75, 3.05) is 4.90 Å². The number of nitriles is 2. The number of halogens is 1. The Morgan fingerprint density at radius 3 is 2.41 bits per heavy atom. The van der Waals surface area contributed by atoms with Crippen LogP contribution in [0.5, 0.6) is 0 Å². The zero-order valence-electron chi connectivity index (χ0n) is 14.6. The van der Waals surface area contributed by atoms with Gasteiger partial charge in [-0.1, -0.05) is 54.1 Å². The van der Waals surface area contributed by atoms with Gasteiger partial charge in [0.25, 0.3) is 0 Å². The summed E-state index contributed by atoms with van der Waals surface area (Å²) < 4.78 is 0. The molecule has 0 bridgehead atoms. The van der Waals surface area contributed by atoms with Crippen LogP contribution in [0.1, 0.15) is 24.0 Å². The molecule has 3 atom stereocenters. The predicted octanol–water partition coefficient (Wildman–Crippen LogP) is 4.33. The molecule has 27 heavy (non-hydrogen) atoms. The summed E-state index contributed by atoms with van der Waals surface area (Å²) in [4.78, 5) is 14.7. The number of anilines is 1. The first kappa shape index (κ1) is 17.3. The molecule has 0 amide bonds. The van der Waals surface area contributed by atoms with Crippen molar-refractivity contribution >= 4 is 29.1 Å². The van der Waals surface area contributed by atoms with Crippen molar-refractivity contribution in [1.29, 1.82) is 10.5 Å². The lowest BCUT2D eigenvalue weighted by molar-refractivity contribution is -0.118. The van der Waals surface area contributed by atoms with Crippen LogP contribution in [0.15, 0.2) is 54.6 Å². The maximum atomic E-state index is 12.8. The van der Waals surface area contributed by atoms with Crippen LogP contribution in [0.25, 0.3) is 6.08 Å². The van der Waals surface area contributed by atoms with E-state index in [9.17, 15) is 15.3 Å². The van der Waals surface area contributed by atoms with Crippen LogP contribution in [0.3, 0.4) is 0 Å². The lowest BCUT2D eigenvalue weighted by Gasteiger charge is -2.35. The molecule has 0 spiro atoms. The van der Waals surface area contributed by atoms with Crippen molar-refractivity contribution < 1.29 is 4.79 Å². The molecule has 5 heteroatoms. The average Bonchev–Trinajstić information content (AvgIpc) is 3.00. The molecule has 2 aromatic rings. The summed E-state index contributed by atoms with van der Waals surface area (Å²) in [5.41, 5.74) is 1.23. The van der Waals surface area contributed by atoms with Gasteiger partial charge in [-0.15, -0.1) is 0 Å². The Kier molecular flexibility index (Phi) is 4.02. The number of fused-ring (bicyclic) bond motifs is 3. The van der Waals surface area contributed by atoms with E-state index in [0.29, 0.717) is 5.02 Å². The van der Waals surface area contributed by atoms with E-state index in [-0.39, 0.29) is 5.78 Å². The van der Waals surface area contributed by atoms with Gasteiger partial charge in [-0.2, -0.15) is 10.5 Å². The smallest absolute Gasteiger partial charge is 0.176 e. The van der Waals surface area contributed by atoms with E-state index in [0.717, 1.165) is 16.8 Å². The van der Waals surface area contributed by atoms with Crippen molar-refractivity contribution in [2.45, 2.75) is 24.9 Å². The highest BCUT2D eigenvalue weighted by Crippen LogP contribution is 2.55. The molecule has 0 aromatic heterocycles. The summed E-state index contributed by atoms with van der Waals surface area (Å²) in [7, 11) is 0. The molecule has 0 saturated carbocycles. The predicted molar refractivity (Wildman–Crippen MR) is 104 cm³/mol. The first-order valence-corrected chi connectivity index (χ1v) is 9.05. The first-order valence-electron chi connectivity index (χ1n) is 8.67. The fraction of sp³-hybridized carbons (Fsp3) is 0.227. The van der Waals surface area contributed by atoms with Gasteiger partial charge >= 0.3 is 0 Å². The first-order chi connectivity index (χ1) is 13.0. The van der Waals surface area contributed by atoms with Crippen LogP contribution in [0.4, 0.5) is 5.69 Å². The minimum absolute atomic E-state index is 0.0718. The third-order valence-corrected chi connectivity index (χ3v) is 5.81. The highest BCUT2D eigenvalue weighted by atomic mass is 35.5. The molecule has 1 saturated heterocycles. The van der Waals surface area contributed by atoms with Crippen molar-refractivity contribution in [2.24, 2.45) is 5.41 Å². The molecule has 2 heterocycles. The molecule has 132 valence electrons. The van der Waals surface area contributed by atoms with Crippen LogP contribution in [0.2, 0.25) is 5.02 Å². The number of benzene rings is 2. The normalized spacial score (nSPS) is 24.4. The monoisotopic (exact) mass is 373 g/mol. The second-order valence-electron chi connectivity index (χ2n) is 6.95. The highest BCUT2D eigenvalue weighted by molar-refractivity contribution is 6.30. The second-order valence-corrected chi connectivity index (χ2v) is 7.38. The van der Waals surface area contributed by atoms with Crippen LogP contribution in [-0.4, -0.2) is 17.9 Å². The zero-order valence-corrected chi connectivity index (χ0v) is 15.4. The third-order valence-electron chi connectivity index (χ3n) is 5.56. The Morgan fingerprint density at radius 2 is 1.78 bits per heavy atom. The fourth-order valence-electron chi connectivity index (χ4n) is 4.43. The minimum atomic E-state index is -1.38. The number of ketones is 1. The topological polar surface area (TPSA) is 67.9 Å². The molecule has 2 aliphatic heterocycles. The van der Waals surface area contributed by atoms with Crippen molar-refractivity contribution in [3.63, 3.8) is 0 Å². The summed E-state index contributed by atoms with van der Waals surface area (Å²) >= 11 is 6.03. The van der Waals surface area contributed by atoms with Crippen molar-refractivity contribution in [1.82, 2.24) is 0 Å². The average molecular weight is 374 g/mol. The Morgan fingerprint density at radius 1 is 1.11 bits per heavy atom. The second kappa shape index (κ2) is 6.27. The van der Waals surface area contributed by atoms with Gasteiger partial charge in [-0.3, -0.25) is 4.79 Å². The Balaban J connectivity index is 1.99. The van der Waals surface area contributed by atoms with E-state index in [2.05, 4.69) is 12.1 Å². The lowest BCUT2D eigenvalue weighted by Crippen LogP contribution is -2.43. The van der Waals surface area contributed by atoms with Crippen LogP contribution >= 0.6 is 11.6 Å². The highest BCUT2D eigenvalue weighted by Gasteiger charge is 2.62. The Bertz CT molecular complexity index is 1010. The van der Waals surface area contributed by atoms with Crippen LogP contribution < -0.4 is 4.90 Å². The van der Waals surface area contributed by atoms with Gasteiger partial charge in [0.1, 0.15) is 0 Å². The van der Waals surface area contributed by atoms with E-state index in [1.54, 1.807) is 24.3 Å². The van der Waals surface area contributed by atoms with Crippen LogP contribution in [-0.2, 0) is 4.79 Å². The van der Waals surface area contributed by atoms with Gasteiger partial charge in [-0.05, 0) is 36.2 Å². The largest absolute Gasteiger partial charge is 0.351 e. The summed E-state index contributed by atoms with van der Waals surface area (Å²) in [5, 5.41) is 20.8. The summed E-state index contributed by atoms with van der Waals surface area (Å²) in [6.07, 6.45) is 3.81. The third kappa shape index (κ3) is 2.38. The standard InChI is InChI=1S/C22H16ClN3O/c1-14(27)21-20(16-6-9-17(23)10-7-16)22(12-24,13-25)19-11-8-15-4-2-3-5-18(15)26(19)21/h2-11,19-21H,1H3/t19-,20-,21+/m0/s1. The number of carbonyl (C=O) groups is 1. The number of rotatable bonds is 2. The van der Waals surface area contributed by atoms with Gasteiger partial charge in [0.05, 0.1) is 24.2 Å². The molecule has 4 rings (SSSR count). The fourth-order valence-corrected chi connectivity index (χ4v) is 4.56. The molecular weight excluding hydrogens is 358 g/mol. The Hall–Kier alpha value is -3.08. The van der Waals surface area contributed by atoms with E-state index in [1.807, 2.05) is 41.3 Å². The van der Waals surface area contributed by atoms with Gasteiger partial charge in [0.2, 0.25) is 0 Å². The number of Topliss-reactive ketones (excluding diaryl/α,β-unsaturated/α-hetero) is 1. The molecule has 0 N–H and O–H groups in total. The molecular formula is C22H16ClN3O. The van der Waals surface area contributed by atoms with E-state index in [1.165, 1.54) is 6.92 Å². The van der Waals surface area contributed by atoms with E-state index in [4.69, 9.17) is 11.6 Å². The Labute approximate surface area is 162 Å². The van der Waals surface area contributed by atoms with Gasteiger partial charge in [0.15, 0.2) is 11.2 Å². The SMILES string of the molecule is CC(=O)[C@@H]1[C@H](c2ccc(Cl)cc2)C(C#N)(C#N)[C@@H]2C=Cc3ccccc3N12. The van der Waals surface area contributed by atoms with Gasteiger partial charge in [0, 0.05) is 16.6 Å². The van der Waals surface area contributed by atoms with E-state index < -0.39 is 23.4 Å². The quantitative estimate of drug-likeness (QED) is 0.785. The number of carbonyl (C=O) groups excluding carboxylic acids is 1. The van der Waals surface area contributed by atoms with Crippen molar-refractivity contribution in [3.05, 3.63) is 70.8 Å². The zero-order chi connectivity index (χ0) is 19.2. The molecule has 0 radical (unpaired) electrons. The number of para-hydroxylation sites is 1. The maximum Gasteiger partial charge on any atom is 0.176 e. The number of hydrogen-bond acceptors (Lipinski definition) is 4.